The van der Waals surface area contributed by atoms with E-state index in [0.29, 0.717) is 0 Å². The molecule has 1 aromatic rings. The van der Waals surface area contributed by atoms with Crippen molar-refractivity contribution >= 4 is 6.29 Å². The lowest BCUT2D eigenvalue weighted by Crippen LogP contribution is -1.97. The summed E-state index contributed by atoms with van der Waals surface area (Å²) < 4.78 is 5.47. The normalized spacial score (nSPS) is 15.3. The molecule has 1 aliphatic heterocycles. The molecule has 0 radical (unpaired) electrons. The van der Waals surface area contributed by atoms with Gasteiger partial charge in [-0.05, 0) is 36.5 Å². The predicted molar refractivity (Wildman–Crippen MR) is 63.8 cm³/mol. The van der Waals surface area contributed by atoms with Gasteiger partial charge >= 0.3 is 0 Å². The number of aldehydes is 1. The minimum atomic E-state index is 0.192. The van der Waals surface area contributed by atoms with E-state index in [9.17, 15) is 4.79 Å². The van der Waals surface area contributed by atoms with Crippen LogP contribution in [0.4, 0.5) is 0 Å². The van der Waals surface area contributed by atoms with Gasteiger partial charge in [-0.1, -0.05) is 19.1 Å². The van der Waals surface area contributed by atoms with Gasteiger partial charge in [0.2, 0.25) is 0 Å². The summed E-state index contributed by atoms with van der Waals surface area (Å²) in [6.45, 7) is 2.80. The summed E-state index contributed by atoms with van der Waals surface area (Å²) in [5, 5.41) is 0. The average Bonchev–Trinajstić information content (AvgIpc) is 2.76. The van der Waals surface area contributed by atoms with E-state index in [1.807, 2.05) is 6.92 Å². The highest BCUT2D eigenvalue weighted by Gasteiger charge is 2.11. The Kier molecular flexibility index (Phi) is 3.60. The lowest BCUT2D eigenvalue weighted by atomic mass is 10.0. The first-order chi connectivity index (χ1) is 7.79. The third kappa shape index (κ3) is 2.63. The Morgan fingerprint density at radius 1 is 1.50 bits per heavy atom. The largest absolute Gasteiger partial charge is 0.493 e. The van der Waals surface area contributed by atoms with Crippen LogP contribution >= 0.6 is 0 Å². The molecule has 0 aromatic heterocycles. The van der Waals surface area contributed by atoms with E-state index in [1.54, 1.807) is 0 Å². The smallest absolute Gasteiger partial charge is 0.122 e. The Labute approximate surface area is 96.6 Å². The summed E-state index contributed by atoms with van der Waals surface area (Å²) in [6.07, 6.45) is 5.20. The molecule has 0 saturated heterocycles. The first-order valence-electron chi connectivity index (χ1n) is 5.99. The Morgan fingerprint density at radius 3 is 3.19 bits per heavy atom. The van der Waals surface area contributed by atoms with Gasteiger partial charge in [0.05, 0.1) is 6.61 Å². The van der Waals surface area contributed by atoms with Crippen molar-refractivity contribution in [3.05, 3.63) is 29.3 Å². The molecule has 2 nitrogen and oxygen atoms in total. The molecule has 2 heteroatoms. The fourth-order valence-electron chi connectivity index (χ4n) is 2.09. The van der Waals surface area contributed by atoms with Gasteiger partial charge in [0, 0.05) is 12.3 Å². The summed E-state index contributed by atoms with van der Waals surface area (Å²) in [6, 6.07) is 6.45. The molecule has 16 heavy (non-hydrogen) atoms. The van der Waals surface area contributed by atoms with Crippen LogP contribution in [-0.4, -0.2) is 12.9 Å². The Balaban J connectivity index is 1.88. The summed E-state index contributed by atoms with van der Waals surface area (Å²) >= 11 is 0. The van der Waals surface area contributed by atoms with Crippen LogP contribution in [-0.2, 0) is 17.6 Å². The number of hydrogen-bond donors (Lipinski definition) is 0. The predicted octanol–water partition coefficient (Wildman–Crippen LogP) is 2.78. The first kappa shape index (κ1) is 11.2. The standard InChI is InChI=1S/C14H18O2/c1-11(10-15)3-2-4-12-5-6-14-13(9-12)7-8-16-14/h5-6,9-11H,2-4,7-8H2,1H3. The van der Waals surface area contributed by atoms with Crippen LogP contribution in [0.25, 0.3) is 0 Å². The highest BCUT2D eigenvalue weighted by Crippen LogP contribution is 2.26. The van der Waals surface area contributed by atoms with Crippen LogP contribution in [0.5, 0.6) is 5.75 Å². The maximum absolute atomic E-state index is 10.5. The number of hydrogen-bond acceptors (Lipinski definition) is 2. The number of rotatable bonds is 5. The molecule has 0 N–H and O–H groups in total. The fourth-order valence-corrected chi connectivity index (χ4v) is 2.09. The molecule has 1 atom stereocenters. The van der Waals surface area contributed by atoms with Crippen LogP contribution in [0, 0.1) is 5.92 Å². The number of carbonyl (C=O) groups is 1. The van der Waals surface area contributed by atoms with Crippen LogP contribution in [0.1, 0.15) is 30.9 Å². The Morgan fingerprint density at radius 2 is 2.38 bits per heavy atom. The Hall–Kier alpha value is -1.31. The molecule has 1 unspecified atom stereocenters. The van der Waals surface area contributed by atoms with E-state index in [-0.39, 0.29) is 5.92 Å². The third-order valence-corrected chi connectivity index (χ3v) is 3.11. The molecule has 0 bridgehead atoms. The molecular formula is C14H18O2. The van der Waals surface area contributed by atoms with E-state index in [0.717, 1.165) is 44.3 Å². The van der Waals surface area contributed by atoms with Crippen LogP contribution in [0.2, 0.25) is 0 Å². The van der Waals surface area contributed by atoms with Gasteiger partial charge in [-0.2, -0.15) is 0 Å². The van der Waals surface area contributed by atoms with Gasteiger partial charge in [0.1, 0.15) is 12.0 Å². The highest BCUT2D eigenvalue weighted by atomic mass is 16.5. The van der Waals surface area contributed by atoms with Crippen LogP contribution < -0.4 is 4.74 Å². The molecule has 86 valence electrons. The second-order valence-corrected chi connectivity index (χ2v) is 4.55. The number of carbonyl (C=O) groups excluding carboxylic acids is 1. The SMILES string of the molecule is CC(C=O)CCCc1ccc2c(c1)CCO2. The zero-order chi connectivity index (χ0) is 11.4. The minimum absolute atomic E-state index is 0.192. The Bertz CT molecular complexity index is 371. The van der Waals surface area contributed by atoms with Gasteiger partial charge in [-0.3, -0.25) is 0 Å². The van der Waals surface area contributed by atoms with Crippen molar-refractivity contribution < 1.29 is 9.53 Å². The lowest BCUT2D eigenvalue weighted by molar-refractivity contribution is -0.110. The van der Waals surface area contributed by atoms with Crippen molar-refractivity contribution in [2.24, 2.45) is 5.92 Å². The molecule has 0 spiro atoms. The highest BCUT2D eigenvalue weighted by molar-refractivity contribution is 5.52. The number of ether oxygens (including phenoxy) is 1. The molecule has 0 saturated carbocycles. The molecule has 1 aliphatic rings. The van der Waals surface area contributed by atoms with Gasteiger partial charge in [0.25, 0.3) is 0 Å². The minimum Gasteiger partial charge on any atom is -0.493 e. The van der Waals surface area contributed by atoms with Crippen molar-refractivity contribution in [2.45, 2.75) is 32.6 Å². The van der Waals surface area contributed by atoms with E-state index in [1.165, 1.54) is 11.1 Å². The molecule has 2 rings (SSSR count). The van der Waals surface area contributed by atoms with Gasteiger partial charge in [-0.15, -0.1) is 0 Å². The lowest BCUT2D eigenvalue weighted by Gasteiger charge is -2.05. The quantitative estimate of drug-likeness (QED) is 0.710. The molecule has 0 amide bonds. The second kappa shape index (κ2) is 5.15. The number of aryl methyl sites for hydroxylation is 1. The number of fused-ring (bicyclic) bond motifs is 1. The summed E-state index contributed by atoms with van der Waals surface area (Å²) in [5.74, 6) is 1.24. The van der Waals surface area contributed by atoms with E-state index in [2.05, 4.69) is 18.2 Å². The van der Waals surface area contributed by atoms with E-state index >= 15 is 0 Å². The topological polar surface area (TPSA) is 26.3 Å². The zero-order valence-electron chi connectivity index (χ0n) is 9.74. The van der Waals surface area contributed by atoms with Crippen molar-refractivity contribution in [3.8, 4) is 5.75 Å². The zero-order valence-corrected chi connectivity index (χ0v) is 9.74. The van der Waals surface area contributed by atoms with Crippen molar-refractivity contribution in [1.82, 2.24) is 0 Å². The van der Waals surface area contributed by atoms with Crippen molar-refractivity contribution in [2.75, 3.05) is 6.61 Å². The van der Waals surface area contributed by atoms with E-state index in [4.69, 9.17) is 4.74 Å². The second-order valence-electron chi connectivity index (χ2n) is 4.55. The van der Waals surface area contributed by atoms with Gasteiger partial charge in [0.15, 0.2) is 0 Å². The fraction of sp³-hybridized carbons (Fsp3) is 0.500. The molecule has 1 aromatic carbocycles. The summed E-state index contributed by atoms with van der Waals surface area (Å²) in [7, 11) is 0. The number of benzene rings is 1. The van der Waals surface area contributed by atoms with E-state index < -0.39 is 0 Å². The average molecular weight is 218 g/mol. The monoisotopic (exact) mass is 218 g/mol. The van der Waals surface area contributed by atoms with Crippen LogP contribution in [0.3, 0.4) is 0 Å². The maximum Gasteiger partial charge on any atom is 0.122 e. The third-order valence-electron chi connectivity index (χ3n) is 3.11. The summed E-state index contributed by atoms with van der Waals surface area (Å²) in [5.41, 5.74) is 2.70. The maximum atomic E-state index is 10.5. The van der Waals surface area contributed by atoms with Gasteiger partial charge < -0.3 is 9.53 Å². The molecular weight excluding hydrogens is 200 g/mol. The first-order valence-corrected chi connectivity index (χ1v) is 5.99. The van der Waals surface area contributed by atoms with Crippen LogP contribution in [0.15, 0.2) is 18.2 Å². The summed E-state index contributed by atoms with van der Waals surface area (Å²) in [4.78, 5) is 10.5. The van der Waals surface area contributed by atoms with Crippen molar-refractivity contribution in [1.29, 1.82) is 0 Å². The molecule has 0 fully saturated rings. The van der Waals surface area contributed by atoms with Gasteiger partial charge in [-0.25, -0.2) is 0 Å². The molecule has 0 aliphatic carbocycles. The molecule has 1 heterocycles. The van der Waals surface area contributed by atoms with Crippen molar-refractivity contribution in [3.63, 3.8) is 0 Å².